The van der Waals surface area contributed by atoms with Crippen molar-refractivity contribution in [1.29, 1.82) is 0 Å². The fourth-order valence-electron chi connectivity index (χ4n) is 3.34. The largest absolute Gasteiger partial charge is 0.481 e. The third-order valence-corrected chi connectivity index (χ3v) is 4.75. The Kier molecular flexibility index (Phi) is 5.21. The van der Waals surface area contributed by atoms with Gasteiger partial charge in [-0.2, -0.15) is 5.10 Å². The SMILES string of the molecule is Cc1cc(=O)c(C(=O)N[C@H]2CC[C@@H](C(=O)O)C2)nn1-c1ccccc1[N+](=O)[O-]. The number of hydrogen-bond donors (Lipinski definition) is 2. The molecule has 1 aliphatic rings. The molecule has 2 N–H and O–H groups in total. The van der Waals surface area contributed by atoms with Crippen LogP contribution in [0.3, 0.4) is 0 Å². The number of carboxylic acid groups (broad SMARTS) is 1. The predicted octanol–water partition coefficient (Wildman–Crippen LogP) is 1.43. The summed E-state index contributed by atoms with van der Waals surface area (Å²) in [4.78, 5) is 46.6. The number of rotatable bonds is 5. The number of hydrogen-bond acceptors (Lipinski definition) is 6. The molecule has 0 unspecified atom stereocenters. The van der Waals surface area contributed by atoms with Crippen LogP contribution in [0.2, 0.25) is 0 Å². The van der Waals surface area contributed by atoms with Crippen molar-refractivity contribution in [2.45, 2.75) is 32.2 Å². The van der Waals surface area contributed by atoms with Crippen LogP contribution < -0.4 is 10.7 Å². The van der Waals surface area contributed by atoms with Gasteiger partial charge in [0.2, 0.25) is 5.43 Å². The number of nitrogens with one attached hydrogen (secondary N) is 1. The second-order valence-corrected chi connectivity index (χ2v) is 6.67. The van der Waals surface area contributed by atoms with Gasteiger partial charge in [-0.25, -0.2) is 4.68 Å². The number of carbonyl (C=O) groups is 2. The molecule has 1 aromatic heterocycles. The fraction of sp³-hybridized carbons (Fsp3) is 0.333. The van der Waals surface area contributed by atoms with Crippen LogP contribution in [0, 0.1) is 23.0 Å². The van der Waals surface area contributed by atoms with E-state index in [1.807, 2.05) is 0 Å². The van der Waals surface area contributed by atoms with E-state index in [2.05, 4.69) is 10.4 Å². The number of nitro groups is 1. The molecule has 146 valence electrons. The molecule has 0 saturated heterocycles. The van der Waals surface area contributed by atoms with Crippen molar-refractivity contribution < 1.29 is 19.6 Å². The van der Waals surface area contributed by atoms with E-state index in [0.29, 0.717) is 18.5 Å². The van der Waals surface area contributed by atoms with Gasteiger partial charge in [0.15, 0.2) is 5.69 Å². The smallest absolute Gasteiger partial charge is 0.306 e. The molecule has 1 saturated carbocycles. The first kappa shape index (κ1) is 19.2. The van der Waals surface area contributed by atoms with Crippen molar-refractivity contribution in [2.24, 2.45) is 5.92 Å². The van der Waals surface area contributed by atoms with E-state index >= 15 is 0 Å². The van der Waals surface area contributed by atoms with E-state index in [1.165, 1.54) is 28.9 Å². The molecule has 1 amide bonds. The molecule has 2 atom stereocenters. The molecular formula is C18H18N4O6. The number of aromatic nitrogens is 2. The number of aliphatic carboxylic acids is 1. The standard InChI is InChI=1S/C18H18N4O6/c1-10-8-15(23)16(17(24)19-12-7-6-11(9-12)18(25)26)20-21(10)13-4-2-3-5-14(13)22(27)28/h2-5,8,11-12H,6-7,9H2,1H3,(H,19,24)(H,25,26)/t11-,12+/m1/s1. The number of nitrogens with zero attached hydrogens (tertiary/aromatic N) is 3. The molecule has 1 fully saturated rings. The van der Waals surface area contributed by atoms with E-state index in [4.69, 9.17) is 5.11 Å². The van der Waals surface area contributed by atoms with Crippen LogP contribution in [0.25, 0.3) is 5.69 Å². The number of aryl methyl sites for hydroxylation is 1. The van der Waals surface area contributed by atoms with Gasteiger partial charge in [0.25, 0.3) is 11.6 Å². The van der Waals surface area contributed by atoms with Crippen molar-refractivity contribution in [3.8, 4) is 5.69 Å². The zero-order chi connectivity index (χ0) is 20.4. The Hall–Kier alpha value is -3.56. The number of carbonyl (C=O) groups excluding carboxylic acids is 1. The van der Waals surface area contributed by atoms with Gasteiger partial charge >= 0.3 is 5.97 Å². The van der Waals surface area contributed by atoms with Gasteiger partial charge < -0.3 is 10.4 Å². The number of amides is 1. The van der Waals surface area contributed by atoms with E-state index < -0.39 is 33.8 Å². The highest BCUT2D eigenvalue weighted by Crippen LogP contribution is 2.26. The van der Waals surface area contributed by atoms with Gasteiger partial charge in [0, 0.05) is 23.9 Å². The summed E-state index contributed by atoms with van der Waals surface area (Å²) in [6, 6.07) is 6.69. The molecule has 1 aliphatic carbocycles. The minimum absolute atomic E-state index is 0.130. The lowest BCUT2D eigenvalue weighted by molar-refractivity contribution is -0.384. The minimum Gasteiger partial charge on any atom is -0.481 e. The lowest BCUT2D eigenvalue weighted by Crippen LogP contribution is -2.37. The van der Waals surface area contributed by atoms with E-state index in [1.54, 1.807) is 13.0 Å². The quantitative estimate of drug-likeness (QED) is 0.584. The monoisotopic (exact) mass is 386 g/mol. The molecule has 0 radical (unpaired) electrons. The fourth-order valence-corrected chi connectivity index (χ4v) is 3.34. The van der Waals surface area contributed by atoms with Crippen LogP contribution in [0.1, 0.15) is 35.4 Å². The van der Waals surface area contributed by atoms with Gasteiger partial charge in [-0.3, -0.25) is 24.5 Å². The first-order chi connectivity index (χ1) is 13.3. The van der Waals surface area contributed by atoms with Crippen LogP contribution >= 0.6 is 0 Å². The van der Waals surface area contributed by atoms with Crippen molar-refractivity contribution in [3.05, 3.63) is 62.1 Å². The average Bonchev–Trinajstić information content (AvgIpc) is 3.10. The van der Waals surface area contributed by atoms with E-state index in [9.17, 15) is 24.5 Å². The molecule has 1 heterocycles. The first-order valence-electron chi connectivity index (χ1n) is 8.66. The molecule has 0 aliphatic heterocycles. The number of nitro benzene ring substituents is 1. The van der Waals surface area contributed by atoms with Crippen LogP contribution in [0.15, 0.2) is 35.1 Å². The van der Waals surface area contributed by atoms with Gasteiger partial charge in [0.05, 0.1) is 10.8 Å². The highest BCUT2D eigenvalue weighted by atomic mass is 16.6. The maximum absolute atomic E-state index is 12.5. The van der Waals surface area contributed by atoms with Gasteiger partial charge in [-0.05, 0) is 32.3 Å². The summed E-state index contributed by atoms with van der Waals surface area (Å²) in [5, 5.41) is 27.0. The summed E-state index contributed by atoms with van der Waals surface area (Å²) in [7, 11) is 0. The predicted molar refractivity (Wildman–Crippen MR) is 97.5 cm³/mol. The molecular weight excluding hydrogens is 368 g/mol. The molecule has 10 heteroatoms. The average molecular weight is 386 g/mol. The Labute approximate surface area is 159 Å². The number of benzene rings is 1. The second kappa shape index (κ2) is 7.59. The molecule has 10 nitrogen and oxygen atoms in total. The summed E-state index contributed by atoms with van der Waals surface area (Å²) >= 11 is 0. The van der Waals surface area contributed by atoms with Crippen LogP contribution in [-0.4, -0.2) is 37.7 Å². The Morgan fingerprint density at radius 2 is 2.04 bits per heavy atom. The van der Waals surface area contributed by atoms with Crippen molar-refractivity contribution in [3.63, 3.8) is 0 Å². The Bertz CT molecular complexity index is 1020. The number of carboxylic acids is 1. The van der Waals surface area contributed by atoms with Gasteiger partial charge in [-0.15, -0.1) is 0 Å². The Balaban J connectivity index is 1.93. The van der Waals surface area contributed by atoms with E-state index in [0.717, 1.165) is 0 Å². The van der Waals surface area contributed by atoms with E-state index in [-0.39, 0.29) is 23.8 Å². The maximum Gasteiger partial charge on any atom is 0.306 e. The highest BCUT2D eigenvalue weighted by Gasteiger charge is 2.31. The Morgan fingerprint density at radius 3 is 2.68 bits per heavy atom. The highest BCUT2D eigenvalue weighted by molar-refractivity contribution is 5.92. The molecule has 0 bridgehead atoms. The first-order valence-corrected chi connectivity index (χ1v) is 8.66. The summed E-state index contributed by atoms with van der Waals surface area (Å²) < 4.78 is 1.18. The third kappa shape index (κ3) is 3.75. The van der Waals surface area contributed by atoms with Gasteiger partial charge in [0.1, 0.15) is 5.69 Å². The summed E-state index contributed by atoms with van der Waals surface area (Å²) in [6.45, 7) is 1.56. The van der Waals surface area contributed by atoms with Crippen LogP contribution in [0.4, 0.5) is 5.69 Å². The summed E-state index contributed by atoms with van der Waals surface area (Å²) in [5.74, 6) is -2.17. The molecule has 0 spiro atoms. The zero-order valence-electron chi connectivity index (χ0n) is 15.0. The van der Waals surface area contributed by atoms with Crippen molar-refractivity contribution >= 4 is 17.6 Å². The van der Waals surface area contributed by atoms with Crippen LogP contribution in [0.5, 0.6) is 0 Å². The van der Waals surface area contributed by atoms with Gasteiger partial charge in [-0.1, -0.05) is 12.1 Å². The normalized spacial score (nSPS) is 18.6. The zero-order valence-corrected chi connectivity index (χ0v) is 15.0. The van der Waals surface area contributed by atoms with Crippen molar-refractivity contribution in [2.75, 3.05) is 0 Å². The van der Waals surface area contributed by atoms with Crippen LogP contribution in [-0.2, 0) is 4.79 Å². The minimum atomic E-state index is -0.913. The maximum atomic E-state index is 12.5. The number of para-hydroxylation sites is 2. The topological polar surface area (TPSA) is 144 Å². The summed E-state index contributed by atoms with van der Waals surface area (Å²) in [5.41, 5.74) is -0.762. The lowest BCUT2D eigenvalue weighted by atomic mass is 10.1. The summed E-state index contributed by atoms with van der Waals surface area (Å²) in [6.07, 6.45) is 1.22. The van der Waals surface area contributed by atoms with Crippen molar-refractivity contribution in [1.82, 2.24) is 15.1 Å². The second-order valence-electron chi connectivity index (χ2n) is 6.67. The third-order valence-electron chi connectivity index (χ3n) is 4.75. The lowest BCUT2D eigenvalue weighted by Gasteiger charge is -2.14. The molecule has 1 aromatic carbocycles. The molecule has 2 aromatic rings. The molecule has 28 heavy (non-hydrogen) atoms. The molecule has 3 rings (SSSR count). The Morgan fingerprint density at radius 1 is 1.32 bits per heavy atom.